The predicted molar refractivity (Wildman–Crippen MR) is 92.0 cm³/mol. The number of pyridine rings is 1. The Morgan fingerprint density at radius 2 is 1.83 bits per heavy atom. The average molecular weight is 308 g/mol. The van der Waals surface area contributed by atoms with Crippen LogP contribution in [0.4, 0.5) is 0 Å². The molecule has 6 rings (SSSR count). The highest BCUT2D eigenvalue weighted by Crippen LogP contribution is 2.55. The summed E-state index contributed by atoms with van der Waals surface area (Å²) in [4.78, 5) is 13.5. The summed E-state index contributed by atoms with van der Waals surface area (Å²) in [6, 6.07) is 3.98. The normalized spacial score (nSPS) is 37.8. The topological polar surface area (TPSA) is 49.6 Å². The Balaban J connectivity index is 1.26. The predicted octanol–water partition coefficient (Wildman–Crippen LogP) is 2.84. The Labute approximate surface area is 137 Å². The van der Waals surface area contributed by atoms with Gasteiger partial charge in [0, 0.05) is 30.0 Å². The fourth-order valence-electron chi connectivity index (χ4n) is 5.75. The molecule has 1 N–H and O–H groups in total. The van der Waals surface area contributed by atoms with Crippen LogP contribution in [0.2, 0.25) is 0 Å². The number of hydrogen-bond acceptors (Lipinski definition) is 4. The number of hydrogen-bond donors (Lipinski definition) is 1. The van der Waals surface area contributed by atoms with Gasteiger partial charge in [0.15, 0.2) is 5.84 Å². The lowest BCUT2D eigenvalue weighted by Gasteiger charge is -2.57. The first-order valence-electron chi connectivity index (χ1n) is 9.04. The summed E-state index contributed by atoms with van der Waals surface area (Å²) in [7, 11) is 0. The van der Waals surface area contributed by atoms with Gasteiger partial charge in [0.1, 0.15) is 0 Å². The van der Waals surface area contributed by atoms with Crippen molar-refractivity contribution in [3.8, 4) is 0 Å². The fourth-order valence-corrected chi connectivity index (χ4v) is 5.75. The SMILES string of the molecule is c1cncc(C2=NCC(CNC34CC5CC(CC(C5)C3)C4)=N2)c1. The molecule has 0 amide bonds. The van der Waals surface area contributed by atoms with Crippen molar-refractivity contribution >= 4 is 11.5 Å². The van der Waals surface area contributed by atoms with Gasteiger partial charge in [0.2, 0.25) is 0 Å². The van der Waals surface area contributed by atoms with Crippen LogP contribution in [0, 0.1) is 17.8 Å². The standard InChI is InChI=1S/C19H24N4/c1-2-16(10-20-3-1)18-21-11-17(23-18)12-22-19-7-13-4-14(8-19)6-15(5-13)9-19/h1-3,10,13-15,22H,4-9,11-12H2. The summed E-state index contributed by atoms with van der Waals surface area (Å²) < 4.78 is 0. The van der Waals surface area contributed by atoms with Crippen molar-refractivity contribution in [1.82, 2.24) is 10.3 Å². The Bertz CT molecular complexity index is 626. The first-order valence-corrected chi connectivity index (χ1v) is 9.04. The van der Waals surface area contributed by atoms with Gasteiger partial charge < -0.3 is 5.32 Å². The van der Waals surface area contributed by atoms with Crippen LogP contribution in [0.25, 0.3) is 0 Å². The van der Waals surface area contributed by atoms with Crippen LogP contribution in [0.5, 0.6) is 0 Å². The van der Waals surface area contributed by atoms with E-state index in [4.69, 9.17) is 4.99 Å². The summed E-state index contributed by atoms with van der Waals surface area (Å²) in [6.45, 7) is 1.64. The van der Waals surface area contributed by atoms with Gasteiger partial charge in [-0.3, -0.25) is 9.98 Å². The van der Waals surface area contributed by atoms with Gasteiger partial charge in [-0.1, -0.05) is 0 Å². The first-order chi connectivity index (χ1) is 11.3. The largest absolute Gasteiger partial charge is 0.306 e. The molecular formula is C19H24N4. The third-order valence-corrected chi connectivity index (χ3v) is 6.30. The van der Waals surface area contributed by atoms with Gasteiger partial charge in [-0.15, -0.1) is 0 Å². The van der Waals surface area contributed by atoms with Crippen LogP contribution >= 0.6 is 0 Å². The van der Waals surface area contributed by atoms with Crippen LogP contribution in [0.3, 0.4) is 0 Å². The Kier molecular flexibility index (Phi) is 3.15. The van der Waals surface area contributed by atoms with Gasteiger partial charge in [-0.05, 0) is 68.4 Å². The van der Waals surface area contributed by atoms with E-state index in [1.165, 1.54) is 44.2 Å². The molecule has 4 fully saturated rings. The van der Waals surface area contributed by atoms with Crippen molar-refractivity contribution in [1.29, 1.82) is 0 Å². The third-order valence-electron chi connectivity index (χ3n) is 6.30. The van der Waals surface area contributed by atoms with E-state index < -0.39 is 0 Å². The van der Waals surface area contributed by atoms with Crippen molar-refractivity contribution < 1.29 is 0 Å². The maximum absolute atomic E-state index is 4.74. The lowest BCUT2D eigenvalue weighted by atomic mass is 9.53. The van der Waals surface area contributed by atoms with E-state index >= 15 is 0 Å². The van der Waals surface area contributed by atoms with E-state index in [0.29, 0.717) is 5.54 Å². The number of amidine groups is 1. The number of rotatable bonds is 4. The van der Waals surface area contributed by atoms with Crippen LogP contribution in [-0.4, -0.2) is 35.2 Å². The zero-order valence-electron chi connectivity index (χ0n) is 13.5. The highest BCUT2D eigenvalue weighted by atomic mass is 15.1. The Hall–Kier alpha value is -1.55. The van der Waals surface area contributed by atoms with Crippen LogP contribution in [0.1, 0.15) is 44.1 Å². The molecule has 1 aromatic heterocycles. The second-order valence-corrected chi connectivity index (χ2v) is 8.11. The minimum absolute atomic E-state index is 0.411. The smallest absolute Gasteiger partial charge is 0.156 e. The van der Waals surface area contributed by atoms with Gasteiger partial charge in [-0.25, -0.2) is 4.99 Å². The highest BCUT2D eigenvalue weighted by Gasteiger charge is 2.50. The molecule has 0 aromatic carbocycles. The molecule has 1 aromatic rings. The van der Waals surface area contributed by atoms with Gasteiger partial charge in [0.05, 0.1) is 12.3 Å². The minimum atomic E-state index is 0.411. The summed E-state index contributed by atoms with van der Waals surface area (Å²) in [5, 5.41) is 3.92. The number of aliphatic imine (C=N–C) groups is 2. The molecule has 4 nitrogen and oxygen atoms in total. The molecular weight excluding hydrogens is 284 g/mol. The van der Waals surface area contributed by atoms with Crippen LogP contribution < -0.4 is 5.32 Å². The molecule has 4 saturated carbocycles. The number of aromatic nitrogens is 1. The maximum atomic E-state index is 4.74. The molecule has 120 valence electrons. The lowest BCUT2D eigenvalue weighted by molar-refractivity contribution is -0.0173. The molecule has 23 heavy (non-hydrogen) atoms. The summed E-state index contributed by atoms with van der Waals surface area (Å²) in [5.41, 5.74) is 2.62. The third kappa shape index (κ3) is 2.53. The molecule has 4 heteroatoms. The van der Waals surface area contributed by atoms with E-state index in [2.05, 4.69) is 15.3 Å². The van der Waals surface area contributed by atoms with Crippen LogP contribution in [0.15, 0.2) is 34.5 Å². The van der Waals surface area contributed by atoms with Crippen molar-refractivity contribution in [2.24, 2.45) is 27.7 Å². The minimum Gasteiger partial charge on any atom is -0.306 e. The van der Waals surface area contributed by atoms with E-state index in [1.54, 1.807) is 6.20 Å². The summed E-state index contributed by atoms with van der Waals surface area (Å²) in [6.07, 6.45) is 12.3. The zero-order valence-corrected chi connectivity index (χ0v) is 13.5. The number of nitrogens with zero attached hydrogens (tertiary/aromatic N) is 3. The fraction of sp³-hybridized carbons (Fsp3) is 0.632. The number of nitrogens with one attached hydrogen (secondary N) is 1. The lowest BCUT2D eigenvalue weighted by Crippen LogP contribution is -2.59. The van der Waals surface area contributed by atoms with Gasteiger partial charge >= 0.3 is 0 Å². The average Bonchev–Trinajstić information content (AvgIpc) is 3.02. The highest BCUT2D eigenvalue weighted by molar-refractivity contribution is 6.12. The monoisotopic (exact) mass is 308 g/mol. The quantitative estimate of drug-likeness (QED) is 0.930. The second kappa shape index (κ2) is 5.23. The van der Waals surface area contributed by atoms with Crippen molar-refractivity contribution in [2.75, 3.05) is 13.1 Å². The van der Waals surface area contributed by atoms with E-state index in [-0.39, 0.29) is 0 Å². The second-order valence-electron chi connectivity index (χ2n) is 8.11. The Morgan fingerprint density at radius 3 is 2.48 bits per heavy atom. The van der Waals surface area contributed by atoms with E-state index in [1.807, 2.05) is 18.3 Å². The molecule has 0 radical (unpaired) electrons. The molecule has 4 aliphatic carbocycles. The van der Waals surface area contributed by atoms with E-state index in [9.17, 15) is 0 Å². The zero-order chi connectivity index (χ0) is 15.3. The molecule has 4 bridgehead atoms. The maximum Gasteiger partial charge on any atom is 0.156 e. The van der Waals surface area contributed by atoms with Gasteiger partial charge in [-0.2, -0.15) is 0 Å². The van der Waals surface area contributed by atoms with Gasteiger partial charge in [0.25, 0.3) is 0 Å². The molecule has 0 spiro atoms. The summed E-state index contributed by atoms with van der Waals surface area (Å²) >= 11 is 0. The van der Waals surface area contributed by atoms with E-state index in [0.717, 1.165) is 42.2 Å². The molecule has 5 aliphatic rings. The van der Waals surface area contributed by atoms with Crippen LogP contribution in [-0.2, 0) is 0 Å². The molecule has 0 unspecified atom stereocenters. The Morgan fingerprint density at radius 1 is 1.09 bits per heavy atom. The molecule has 0 atom stereocenters. The van der Waals surface area contributed by atoms with Crippen molar-refractivity contribution in [2.45, 2.75) is 44.1 Å². The first kappa shape index (κ1) is 13.8. The molecule has 2 heterocycles. The van der Waals surface area contributed by atoms with Crippen molar-refractivity contribution in [3.63, 3.8) is 0 Å². The molecule has 1 aliphatic heterocycles. The molecule has 0 saturated heterocycles. The summed E-state index contributed by atoms with van der Waals surface area (Å²) in [5.74, 6) is 3.81. The van der Waals surface area contributed by atoms with Crippen molar-refractivity contribution in [3.05, 3.63) is 30.1 Å².